The van der Waals surface area contributed by atoms with Crippen LogP contribution in [0.5, 0.6) is 0 Å². The zero-order valence-corrected chi connectivity index (χ0v) is 12.6. The summed E-state index contributed by atoms with van der Waals surface area (Å²) >= 11 is 0. The highest BCUT2D eigenvalue weighted by Gasteiger charge is 2.24. The van der Waals surface area contributed by atoms with Gasteiger partial charge in [0.1, 0.15) is 5.69 Å². The molecule has 1 heterocycles. The topological polar surface area (TPSA) is 82.5 Å². The number of nitrogens with one attached hydrogen (secondary N) is 1. The van der Waals surface area contributed by atoms with Gasteiger partial charge in [0, 0.05) is 24.8 Å². The molecule has 0 radical (unpaired) electrons. The zero-order valence-electron chi connectivity index (χ0n) is 12.6. The highest BCUT2D eigenvalue weighted by Crippen LogP contribution is 2.13. The van der Waals surface area contributed by atoms with E-state index in [9.17, 15) is 9.59 Å². The van der Waals surface area contributed by atoms with Crippen LogP contribution in [0.3, 0.4) is 0 Å². The quantitative estimate of drug-likeness (QED) is 0.815. The molecule has 0 fully saturated rings. The molecule has 0 aliphatic rings. The summed E-state index contributed by atoms with van der Waals surface area (Å²) in [6, 6.07) is 2.84. The van der Waals surface area contributed by atoms with Crippen LogP contribution < -0.4 is 5.32 Å². The summed E-state index contributed by atoms with van der Waals surface area (Å²) in [5.41, 5.74) is 0.401. The van der Waals surface area contributed by atoms with Crippen molar-refractivity contribution in [1.29, 1.82) is 0 Å². The van der Waals surface area contributed by atoms with Gasteiger partial charge < -0.3 is 15.3 Å². The van der Waals surface area contributed by atoms with Gasteiger partial charge in [-0.1, -0.05) is 12.1 Å². The number of nitrogens with zero attached hydrogens (tertiary/aromatic N) is 2. The van der Waals surface area contributed by atoms with Crippen molar-refractivity contribution < 1.29 is 14.7 Å². The molecular weight excluding hydrogens is 270 g/mol. The van der Waals surface area contributed by atoms with Crippen molar-refractivity contribution in [2.24, 2.45) is 0 Å². The Morgan fingerprint density at radius 3 is 2.52 bits per heavy atom. The van der Waals surface area contributed by atoms with E-state index in [1.807, 2.05) is 20.8 Å². The third-order valence-corrected chi connectivity index (χ3v) is 2.85. The molecule has 21 heavy (non-hydrogen) atoms. The molecule has 0 aliphatic heterocycles. The first-order valence-electron chi connectivity index (χ1n) is 6.60. The van der Waals surface area contributed by atoms with E-state index >= 15 is 0 Å². The second-order valence-electron chi connectivity index (χ2n) is 5.59. The van der Waals surface area contributed by atoms with Crippen molar-refractivity contribution in [2.75, 3.05) is 6.54 Å². The SMILES string of the molecule is C=CCN(C(=O)NCc1ccc(C(=O)O)nc1)C(C)(C)C. The molecular formula is C15H21N3O3. The number of aromatic carboxylic acids is 1. The zero-order chi connectivity index (χ0) is 16.0. The second kappa shape index (κ2) is 6.88. The fraction of sp³-hybridized carbons (Fsp3) is 0.400. The number of amides is 2. The Kier molecular flexibility index (Phi) is 5.46. The molecule has 1 rings (SSSR count). The van der Waals surface area contributed by atoms with Gasteiger partial charge in [0.05, 0.1) is 0 Å². The van der Waals surface area contributed by atoms with Crippen molar-refractivity contribution in [2.45, 2.75) is 32.9 Å². The summed E-state index contributed by atoms with van der Waals surface area (Å²) in [5, 5.41) is 11.6. The Bertz CT molecular complexity index is 518. The highest BCUT2D eigenvalue weighted by molar-refractivity contribution is 5.85. The summed E-state index contributed by atoms with van der Waals surface area (Å²) in [6.45, 7) is 10.2. The summed E-state index contributed by atoms with van der Waals surface area (Å²) in [7, 11) is 0. The first-order valence-corrected chi connectivity index (χ1v) is 6.60. The number of aromatic nitrogens is 1. The molecule has 114 valence electrons. The van der Waals surface area contributed by atoms with Crippen LogP contribution in [0.2, 0.25) is 0 Å². The van der Waals surface area contributed by atoms with Crippen LogP contribution in [-0.4, -0.2) is 39.1 Å². The van der Waals surface area contributed by atoms with Crippen LogP contribution in [0.15, 0.2) is 31.0 Å². The number of rotatable bonds is 5. The van der Waals surface area contributed by atoms with Crippen molar-refractivity contribution in [1.82, 2.24) is 15.2 Å². The van der Waals surface area contributed by atoms with Gasteiger partial charge in [0.25, 0.3) is 0 Å². The van der Waals surface area contributed by atoms with Gasteiger partial charge in [0.15, 0.2) is 0 Å². The number of hydrogen-bond donors (Lipinski definition) is 2. The standard InChI is InChI=1S/C15H21N3O3/c1-5-8-18(15(2,3)4)14(21)17-10-11-6-7-12(13(19)20)16-9-11/h5-7,9H,1,8,10H2,2-4H3,(H,17,21)(H,19,20). The predicted octanol–water partition coefficient (Wildman–Crippen LogP) is 2.28. The van der Waals surface area contributed by atoms with E-state index in [1.54, 1.807) is 17.0 Å². The predicted molar refractivity (Wildman–Crippen MR) is 80.1 cm³/mol. The fourth-order valence-electron chi connectivity index (χ4n) is 1.72. The minimum atomic E-state index is -1.07. The first-order chi connectivity index (χ1) is 9.75. The average Bonchev–Trinajstić information content (AvgIpc) is 2.41. The lowest BCUT2D eigenvalue weighted by Crippen LogP contribution is -2.50. The lowest BCUT2D eigenvalue weighted by molar-refractivity contribution is 0.0690. The van der Waals surface area contributed by atoms with Gasteiger partial charge >= 0.3 is 12.0 Å². The molecule has 0 spiro atoms. The average molecular weight is 291 g/mol. The van der Waals surface area contributed by atoms with Crippen LogP contribution >= 0.6 is 0 Å². The lowest BCUT2D eigenvalue weighted by Gasteiger charge is -2.34. The van der Waals surface area contributed by atoms with E-state index in [2.05, 4.69) is 16.9 Å². The molecule has 0 bridgehead atoms. The molecule has 1 aromatic rings. The summed E-state index contributed by atoms with van der Waals surface area (Å²) < 4.78 is 0. The van der Waals surface area contributed by atoms with Crippen LogP contribution in [-0.2, 0) is 6.54 Å². The van der Waals surface area contributed by atoms with E-state index in [-0.39, 0.29) is 23.8 Å². The minimum absolute atomic E-state index is 0.0203. The maximum absolute atomic E-state index is 12.2. The van der Waals surface area contributed by atoms with E-state index in [4.69, 9.17) is 5.11 Å². The van der Waals surface area contributed by atoms with Crippen molar-refractivity contribution in [3.05, 3.63) is 42.2 Å². The molecule has 6 heteroatoms. The molecule has 0 saturated heterocycles. The molecule has 0 atom stereocenters. The van der Waals surface area contributed by atoms with Gasteiger partial charge in [-0.25, -0.2) is 14.6 Å². The van der Waals surface area contributed by atoms with Gasteiger partial charge in [-0.2, -0.15) is 0 Å². The van der Waals surface area contributed by atoms with E-state index in [0.29, 0.717) is 6.54 Å². The second-order valence-corrected chi connectivity index (χ2v) is 5.59. The minimum Gasteiger partial charge on any atom is -0.477 e. The van der Waals surface area contributed by atoms with Crippen LogP contribution in [0.25, 0.3) is 0 Å². The van der Waals surface area contributed by atoms with Crippen LogP contribution in [0, 0.1) is 0 Å². The Labute approximate surface area is 124 Å². The Hall–Kier alpha value is -2.37. The van der Waals surface area contributed by atoms with Gasteiger partial charge in [-0.15, -0.1) is 6.58 Å². The normalized spacial score (nSPS) is 10.8. The maximum atomic E-state index is 12.2. The van der Waals surface area contributed by atoms with Gasteiger partial charge in [-0.05, 0) is 32.4 Å². The monoisotopic (exact) mass is 291 g/mol. The third-order valence-electron chi connectivity index (χ3n) is 2.85. The van der Waals surface area contributed by atoms with E-state index in [0.717, 1.165) is 5.56 Å². The maximum Gasteiger partial charge on any atom is 0.354 e. The van der Waals surface area contributed by atoms with Crippen LogP contribution in [0.1, 0.15) is 36.8 Å². The number of pyridine rings is 1. The van der Waals surface area contributed by atoms with Crippen molar-refractivity contribution in [3.8, 4) is 0 Å². The summed E-state index contributed by atoms with van der Waals surface area (Å²) in [4.78, 5) is 28.4. The van der Waals surface area contributed by atoms with Crippen molar-refractivity contribution >= 4 is 12.0 Å². The number of urea groups is 1. The van der Waals surface area contributed by atoms with Gasteiger partial charge in [0.2, 0.25) is 0 Å². The summed E-state index contributed by atoms with van der Waals surface area (Å²) in [6.07, 6.45) is 3.12. The molecule has 0 aliphatic carbocycles. The Balaban J connectivity index is 2.66. The molecule has 6 nitrogen and oxygen atoms in total. The molecule has 0 unspecified atom stereocenters. The summed E-state index contributed by atoms with van der Waals surface area (Å²) in [5.74, 6) is -1.07. The smallest absolute Gasteiger partial charge is 0.354 e. The first kappa shape index (κ1) is 16.7. The number of carbonyl (C=O) groups is 2. The molecule has 2 N–H and O–H groups in total. The Morgan fingerprint density at radius 2 is 2.10 bits per heavy atom. The molecule has 1 aromatic heterocycles. The lowest BCUT2D eigenvalue weighted by atomic mass is 10.1. The van der Waals surface area contributed by atoms with E-state index in [1.165, 1.54) is 12.3 Å². The van der Waals surface area contributed by atoms with E-state index < -0.39 is 5.97 Å². The fourth-order valence-corrected chi connectivity index (χ4v) is 1.72. The third kappa shape index (κ3) is 4.91. The van der Waals surface area contributed by atoms with Crippen LogP contribution in [0.4, 0.5) is 4.79 Å². The number of carboxylic acids is 1. The molecule has 0 saturated carbocycles. The number of carbonyl (C=O) groups excluding carboxylic acids is 1. The molecule has 0 aromatic carbocycles. The number of hydrogen-bond acceptors (Lipinski definition) is 3. The highest BCUT2D eigenvalue weighted by atomic mass is 16.4. The largest absolute Gasteiger partial charge is 0.477 e. The Morgan fingerprint density at radius 1 is 1.43 bits per heavy atom. The van der Waals surface area contributed by atoms with Gasteiger partial charge in [-0.3, -0.25) is 0 Å². The van der Waals surface area contributed by atoms with Crippen molar-refractivity contribution in [3.63, 3.8) is 0 Å². The number of carboxylic acid groups (broad SMARTS) is 1. The molecule has 2 amide bonds.